The second-order valence-corrected chi connectivity index (χ2v) is 6.32. The zero-order chi connectivity index (χ0) is 22.8. The molecule has 0 atom stereocenters. The number of nitrogens with zero attached hydrogens (tertiary/aromatic N) is 3. The van der Waals surface area contributed by atoms with E-state index in [9.17, 15) is 31.1 Å². The summed E-state index contributed by atoms with van der Waals surface area (Å²) in [5.74, 6) is 0.120. The van der Waals surface area contributed by atoms with Crippen LogP contribution in [0.25, 0.3) is 5.57 Å². The van der Waals surface area contributed by atoms with Crippen molar-refractivity contribution >= 4 is 17.7 Å². The summed E-state index contributed by atoms with van der Waals surface area (Å²) >= 11 is 0. The van der Waals surface area contributed by atoms with Gasteiger partial charge in [0.1, 0.15) is 12.5 Å². The Labute approximate surface area is 171 Å². The average Bonchev–Trinajstić information content (AvgIpc) is 3.19. The molecule has 2 aromatic rings. The van der Waals surface area contributed by atoms with Gasteiger partial charge in [0, 0.05) is 35.2 Å². The summed E-state index contributed by atoms with van der Waals surface area (Å²) in [4.78, 5) is 19.3. The van der Waals surface area contributed by atoms with E-state index in [1.807, 2.05) is 0 Å². The molecule has 31 heavy (non-hydrogen) atoms. The van der Waals surface area contributed by atoms with Crippen LogP contribution in [-0.2, 0) is 17.1 Å². The van der Waals surface area contributed by atoms with Crippen molar-refractivity contribution in [2.45, 2.75) is 12.4 Å². The van der Waals surface area contributed by atoms with E-state index in [1.165, 1.54) is 30.6 Å². The highest BCUT2D eigenvalue weighted by atomic mass is 19.4. The highest BCUT2D eigenvalue weighted by molar-refractivity contribution is 6.07. The number of amidine groups is 1. The molecule has 0 saturated heterocycles. The molecule has 0 spiro atoms. The van der Waals surface area contributed by atoms with Crippen LogP contribution < -0.4 is 10.2 Å². The third-order valence-corrected chi connectivity index (χ3v) is 4.19. The molecule has 0 unspecified atom stereocenters. The molecule has 0 radical (unpaired) electrons. The molecular formula is C19H14F6N4O2. The molecule has 1 N–H and O–H groups in total. The number of pyridine rings is 1. The third-order valence-electron chi connectivity index (χ3n) is 4.19. The van der Waals surface area contributed by atoms with Gasteiger partial charge < -0.3 is 4.74 Å². The van der Waals surface area contributed by atoms with Crippen LogP contribution in [0.2, 0.25) is 0 Å². The normalized spacial score (nSPS) is 14.9. The van der Waals surface area contributed by atoms with Gasteiger partial charge in [0.25, 0.3) is 0 Å². The Morgan fingerprint density at radius 3 is 2.23 bits per heavy atom. The van der Waals surface area contributed by atoms with Crippen molar-refractivity contribution in [3.05, 3.63) is 65.0 Å². The van der Waals surface area contributed by atoms with Gasteiger partial charge in [-0.05, 0) is 24.3 Å². The molecule has 12 heteroatoms. The fourth-order valence-electron chi connectivity index (χ4n) is 2.69. The highest BCUT2D eigenvalue weighted by Gasteiger charge is 2.37. The monoisotopic (exact) mass is 444 g/mol. The Kier molecular flexibility index (Phi) is 5.91. The van der Waals surface area contributed by atoms with Crippen molar-refractivity contribution in [1.29, 1.82) is 0 Å². The van der Waals surface area contributed by atoms with E-state index in [0.29, 0.717) is 29.9 Å². The van der Waals surface area contributed by atoms with E-state index in [0.717, 1.165) is 0 Å². The van der Waals surface area contributed by atoms with Crippen LogP contribution in [0.3, 0.4) is 0 Å². The van der Waals surface area contributed by atoms with E-state index in [4.69, 9.17) is 4.74 Å². The summed E-state index contributed by atoms with van der Waals surface area (Å²) < 4.78 is 83.3. The number of hydrogen-bond acceptors (Lipinski definition) is 6. The fourth-order valence-corrected chi connectivity index (χ4v) is 2.69. The number of methoxy groups -OCH3 is 1. The van der Waals surface area contributed by atoms with Crippen molar-refractivity contribution in [2.75, 3.05) is 13.8 Å². The minimum atomic E-state index is -4.97. The number of aromatic nitrogens is 1. The topological polar surface area (TPSA) is 66.8 Å². The summed E-state index contributed by atoms with van der Waals surface area (Å²) in [5, 5.41) is 1.25. The maximum Gasteiger partial charge on any atom is 0.416 e. The highest BCUT2D eigenvalue weighted by Crippen LogP contribution is 2.36. The minimum Gasteiger partial charge on any atom is -0.481 e. The predicted molar refractivity (Wildman–Crippen MR) is 97.7 cm³/mol. The number of alkyl halides is 6. The lowest BCUT2D eigenvalue weighted by Crippen LogP contribution is -2.32. The molecule has 0 saturated carbocycles. The Hall–Kier alpha value is -3.57. The quantitative estimate of drug-likeness (QED) is 0.431. The predicted octanol–water partition coefficient (Wildman–Crippen LogP) is 3.89. The van der Waals surface area contributed by atoms with Gasteiger partial charge in [-0.25, -0.2) is 9.98 Å². The first-order valence-corrected chi connectivity index (χ1v) is 8.56. The Bertz CT molecular complexity index is 997. The lowest BCUT2D eigenvalue weighted by molar-refractivity contribution is -0.143. The molecule has 2 heterocycles. The molecule has 6 nitrogen and oxygen atoms in total. The molecule has 3 rings (SSSR count). The van der Waals surface area contributed by atoms with Crippen LogP contribution in [0.15, 0.2) is 47.7 Å². The van der Waals surface area contributed by atoms with Crippen molar-refractivity contribution in [2.24, 2.45) is 4.99 Å². The summed E-state index contributed by atoms with van der Waals surface area (Å²) in [6.45, 7) is -0.145. The van der Waals surface area contributed by atoms with E-state index in [-0.39, 0.29) is 24.1 Å². The molecule has 0 fully saturated rings. The fraction of sp³-hybridized carbons (Fsp3) is 0.211. The van der Waals surface area contributed by atoms with Crippen LogP contribution >= 0.6 is 0 Å². The number of carbonyl (C=O) groups excluding carboxylic acids is 1. The van der Waals surface area contributed by atoms with Crippen molar-refractivity contribution in [3.63, 3.8) is 0 Å². The van der Waals surface area contributed by atoms with Gasteiger partial charge in [0.15, 0.2) is 6.29 Å². The smallest absolute Gasteiger partial charge is 0.416 e. The first-order chi connectivity index (χ1) is 14.5. The van der Waals surface area contributed by atoms with Crippen molar-refractivity contribution in [3.8, 4) is 5.88 Å². The largest absolute Gasteiger partial charge is 0.481 e. The van der Waals surface area contributed by atoms with Gasteiger partial charge in [-0.15, -0.1) is 0 Å². The number of benzene rings is 1. The Morgan fingerprint density at radius 2 is 1.74 bits per heavy atom. The molecule has 0 amide bonds. The van der Waals surface area contributed by atoms with Gasteiger partial charge in [-0.2, -0.15) is 26.3 Å². The van der Waals surface area contributed by atoms with Crippen LogP contribution in [0.1, 0.15) is 22.3 Å². The molecule has 0 bridgehead atoms. The van der Waals surface area contributed by atoms with Crippen molar-refractivity contribution in [1.82, 2.24) is 15.4 Å². The Balaban J connectivity index is 1.87. The van der Waals surface area contributed by atoms with Crippen LogP contribution in [0, 0.1) is 0 Å². The maximum atomic E-state index is 13.1. The maximum absolute atomic E-state index is 13.1. The first-order valence-electron chi connectivity index (χ1n) is 8.56. The van der Waals surface area contributed by atoms with Gasteiger partial charge in [0.05, 0.1) is 18.2 Å². The standard InChI is InChI=1S/C19H14F6N4O2/c1-31-16-3-2-11(7-26-16)13(9-30)8-29-10-27-17(28-29)12-4-14(18(20,21)22)6-15(5-12)19(23,24)25/h2-9H,10H2,1H3,(H,27,28)/b13-8-. The molecule has 1 aromatic carbocycles. The number of ether oxygens (including phenoxy) is 1. The zero-order valence-electron chi connectivity index (χ0n) is 15.8. The number of rotatable bonds is 5. The van der Waals surface area contributed by atoms with Gasteiger partial charge in [-0.3, -0.25) is 15.2 Å². The number of allylic oxidation sites excluding steroid dienone is 1. The lowest BCUT2D eigenvalue weighted by Gasteiger charge is -2.17. The van der Waals surface area contributed by atoms with E-state index in [2.05, 4.69) is 15.4 Å². The lowest BCUT2D eigenvalue weighted by atomic mass is 10.0. The third kappa shape index (κ3) is 5.13. The number of carbonyl (C=O) groups is 1. The van der Waals surface area contributed by atoms with Crippen LogP contribution in [0.4, 0.5) is 26.3 Å². The number of halogens is 6. The minimum absolute atomic E-state index is 0.0395. The number of aliphatic imine (C=N–C) groups is 1. The van der Waals surface area contributed by atoms with Gasteiger partial charge in [0.2, 0.25) is 5.88 Å². The SMILES string of the molecule is COc1ccc(/C(C=O)=C\N2CN=C(c3cc(C(F)(F)F)cc(C(F)(F)F)c3)N2)cn1. The van der Waals surface area contributed by atoms with Gasteiger partial charge in [-0.1, -0.05) is 0 Å². The molecule has 164 valence electrons. The van der Waals surface area contributed by atoms with E-state index < -0.39 is 29.0 Å². The summed E-state index contributed by atoms with van der Waals surface area (Å²) in [6, 6.07) is 4.27. The van der Waals surface area contributed by atoms with E-state index >= 15 is 0 Å². The van der Waals surface area contributed by atoms with Crippen LogP contribution in [0.5, 0.6) is 5.88 Å². The zero-order valence-corrected chi connectivity index (χ0v) is 15.8. The Morgan fingerprint density at radius 1 is 1.10 bits per heavy atom. The summed E-state index contributed by atoms with van der Waals surface area (Å²) in [5.41, 5.74) is -0.130. The molecule has 1 aliphatic heterocycles. The molecule has 1 aromatic heterocycles. The molecular weight excluding hydrogens is 430 g/mol. The summed E-state index contributed by atoms with van der Waals surface area (Å²) in [7, 11) is 1.42. The second kappa shape index (κ2) is 8.28. The number of aldehydes is 1. The summed E-state index contributed by atoms with van der Waals surface area (Å²) in [6.07, 6.45) is -6.73. The number of hydrazine groups is 1. The molecule has 1 aliphatic rings. The van der Waals surface area contributed by atoms with Gasteiger partial charge >= 0.3 is 12.4 Å². The first kappa shape index (κ1) is 22.1. The average molecular weight is 444 g/mol. The number of hydrogen-bond donors (Lipinski definition) is 1. The van der Waals surface area contributed by atoms with Crippen LogP contribution in [-0.4, -0.2) is 35.9 Å². The second-order valence-electron chi connectivity index (χ2n) is 6.32. The van der Waals surface area contributed by atoms with Crippen molar-refractivity contribution < 1.29 is 35.9 Å². The molecule has 0 aliphatic carbocycles. The number of nitrogens with one attached hydrogen (secondary N) is 1. The van der Waals surface area contributed by atoms with E-state index in [1.54, 1.807) is 6.07 Å².